The van der Waals surface area contributed by atoms with Crippen LogP contribution in [0.3, 0.4) is 0 Å². The number of para-hydroxylation sites is 1. The Labute approximate surface area is 167 Å². The lowest BCUT2D eigenvalue weighted by Crippen LogP contribution is -1.99. The number of aromatic hydroxyl groups is 2. The molecule has 1 unspecified atom stereocenters. The predicted molar refractivity (Wildman–Crippen MR) is 102 cm³/mol. The van der Waals surface area contributed by atoms with Gasteiger partial charge in [0.1, 0.15) is 0 Å². The summed E-state index contributed by atoms with van der Waals surface area (Å²) in [7, 11) is 0. The molecule has 2 aromatic carbocycles. The Hall–Kier alpha value is -4.36. The summed E-state index contributed by atoms with van der Waals surface area (Å²) in [6.07, 6.45) is 0.617. The van der Waals surface area contributed by atoms with Gasteiger partial charge < -0.3 is 10.2 Å². The highest BCUT2D eigenvalue weighted by molar-refractivity contribution is 5.61. The minimum Gasteiger partial charge on any atom is -0.502 e. The Kier molecular flexibility index (Phi) is 7.67. The Morgan fingerprint density at radius 1 is 0.867 bits per heavy atom. The van der Waals surface area contributed by atoms with E-state index in [2.05, 4.69) is 0 Å². The van der Waals surface area contributed by atoms with Crippen molar-refractivity contribution in [1.82, 2.24) is 0 Å². The van der Waals surface area contributed by atoms with Gasteiger partial charge in [-0.15, -0.1) is 0 Å². The van der Waals surface area contributed by atoms with E-state index < -0.39 is 48.3 Å². The lowest BCUT2D eigenvalue weighted by Gasteiger charge is -2.10. The van der Waals surface area contributed by atoms with Crippen LogP contribution >= 0.6 is 0 Å². The fourth-order valence-corrected chi connectivity index (χ4v) is 2.32. The molecule has 0 aliphatic heterocycles. The maximum atomic E-state index is 10.7. The largest absolute Gasteiger partial charge is 0.502 e. The molecule has 2 aromatic rings. The van der Waals surface area contributed by atoms with Gasteiger partial charge in [-0.3, -0.25) is 40.5 Å². The van der Waals surface area contributed by atoms with Crippen LogP contribution in [0.15, 0.2) is 30.3 Å². The number of nitrogens with zero attached hydrogens (tertiary/aromatic N) is 4. The average molecular weight is 424 g/mol. The zero-order valence-electron chi connectivity index (χ0n) is 15.6. The molecule has 0 heterocycles. The van der Waals surface area contributed by atoms with Crippen LogP contribution in [0.2, 0.25) is 0 Å². The SMILES string of the molecule is CCC(C)c1cc([N+](=O)[O-])cc([N+](=O)[O-])c1O.O=[N+]([O-])c1cccc(O)c1[N+](=O)[O-]. The summed E-state index contributed by atoms with van der Waals surface area (Å²) >= 11 is 0. The number of hydrogen-bond acceptors (Lipinski definition) is 10. The van der Waals surface area contributed by atoms with E-state index in [1.165, 1.54) is 12.1 Å². The van der Waals surface area contributed by atoms with Crippen LogP contribution < -0.4 is 0 Å². The Morgan fingerprint density at radius 3 is 1.83 bits per heavy atom. The number of phenols is 2. The molecule has 2 rings (SSSR count). The summed E-state index contributed by atoms with van der Waals surface area (Å²) in [5, 5.41) is 60.6. The summed E-state index contributed by atoms with van der Waals surface area (Å²) in [5.74, 6) is -1.39. The van der Waals surface area contributed by atoms with E-state index in [4.69, 9.17) is 5.11 Å². The highest BCUT2D eigenvalue weighted by Gasteiger charge is 2.28. The van der Waals surface area contributed by atoms with Crippen LogP contribution in [0.4, 0.5) is 22.7 Å². The normalized spacial score (nSPS) is 11.0. The number of phenolic OH excluding ortho intramolecular Hbond substituents is 2. The molecule has 1 atom stereocenters. The van der Waals surface area contributed by atoms with Gasteiger partial charge in [0.05, 0.1) is 25.8 Å². The molecule has 14 heteroatoms. The zero-order valence-corrected chi connectivity index (χ0v) is 15.6. The molecule has 2 N–H and O–H groups in total. The second-order valence-electron chi connectivity index (χ2n) is 5.89. The highest BCUT2D eigenvalue weighted by Crippen LogP contribution is 2.39. The van der Waals surface area contributed by atoms with Crippen molar-refractivity contribution in [2.24, 2.45) is 0 Å². The third-order valence-electron chi connectivity index (χ3n) is 4.03. The zero-order chi connectivity index (χ0) is 23.2. The molecule has 0 aromatic heterocycles. The first-order valence-corrected chi connectivity index (χ1v) is 8.18. The molecule has 0 aliphatic carbocycles. The van der Waals surface area contributed by atoms with Gasteiger partial charge >= 0.3 is 17.1 Å². The van der Waals surface area contributed by atoms with Crippen molar-refractivity contribution in [1.29, 1.82) is 0 Å². The molecule has 0 saturated heterocycles. The predicted octanol–water partition coefficient (Wildman–Crippen LogP) is 3.93. The number of nitro groups is 4. The van der Waals surface area contributed by atoms with Gasteiger partial charge in [0.15, 0.2) is 5.75 Å². The molecule has 30 heavy (non-hydrogen) atoms. The van der Waals surface area contributed by atoms with Gasteiger partial charge in [-0.1, -0.05) is 19.9 Å². The first-order chi connectivity index (χ1) is 13.9. The van der Waals surface area contributed by atoms with Crippen LogP contribution in [0.1, 0.15) is 31.7 Å². The molecular weight excluding hydrogens is 408 g/mol. The summed E-state index contributed by atoms with van der Waals surface area (Å²) in [5.41, 5.74) is -2.38. The first-order valence-electron chi connectivity index (χ1n) is 8.18. The summed E-state index contributed by atoms with van der Waals surface area (Å²) in [4.78, 5) is 38.4. The maximum absolute atomic E-state index is 10.7. The molecule has 0 bridgehead atoms. The average Bonchev–Trinajstić information content (AvgIpc) is 2.67. The summed E-state index contributed by atoms with van der Waals surface area (Å²) in [6.45, 7) is 3.57. The van der Waals surface area contributed by atoms with Crippen molar-refractivity contribution in [2.75, 3.05) is 0 Å². The second kappa shape index (κ2) is 9.72. The van der Waals surface area contributed by atoms with Gasteiger partial charge in [-0.2, -0.15) is 0 Å². The quantitative estimate of drug-likeness (QED) is 0.503. The van der Waals surface area contributed by atoms with Crippen LogP contribution in [0, 0.1) is 40.5 Å². The lowest BCUT2D eigenvalue weighted by molar-refractivity contribution is -0.423. The van der Waals surface area contributed by atoms with E-state index in [0.29, 0.717) is 6.42 Å². The topological polar surface area (TPSA) is 213 Å². The third-order valence-corrected chi connectivity index (χ3v) is 4.03. The molecule has 160 valence electrons. The molecule has 0 amide bonds. The number of hydrogen-bond donors (Lipinski definition) is 2. The van der Waals surface area contributed by atoms with Gasteiger partial charge in [0.2, 0.25) is 5.75 Å². The molecule has 0 fully saturated rings. The van der Waals surface area contributed by atoms with Crippen molar-refractivity contribution in [3.8, 4) is 11.5 Å². The van der Waals surface area contributed by atoms with Crippen molar-refractivity contribution in [3.05, 3.63) is 76.4 Å². The van der Waals surface area contributed by atoms with E-state index in [9.17, 15) is 45.6 Å². The van der Waals surface area contributed by atoms with E-state index in [1.54, 1.807) is 6.92 Å². The van der Waals surface area contributed by atoms with E-state index in [1.807, 2.05) is 6.92 Å². The van der Waals surface area contributed by atoms with Crippen LogP contribution in [-0.2, 0) is 0 Å². The summed E-state index contributed by atoms with van der Waals surface area (Å²) < 4.78 is 0. The monoisotopic (exact) mass is 424 g/mol. The number of benzene rings is 2. The van der Waals surface area contributed by atoms with Crippen molar-refractivity contribution in [3.63, 3.8) is 0 Å². The minimum absolute atomic E-state index is 0.186. The van der Waals surface area contributed by atoms with Crippen molar-refractivity contribution >= 4 is 22.7 Å². The molecule has 0 saturated carbocycles. The number of non-ortho nitro benzene ring substituents is 1. The molecule has 0 spiro atoms. The van der Waals surface area contributed by atoms with Crippen LogP contribution in [0.5, 0.6) is 11.5 Å². The van der Waals surface area contributed by atoms with Gasteiger partial charge in [0.25, 0.3) is 5.69 Å². The fourth-order valence-electron chi connectivity index (χ4n) is 2.32. The standard InChI is InChI=1S/C10H12N2O5.C6H4N2O5/c1-3-6(2)8-4-7(11(14)15)5-9(10(8)13)12(16)17;9-5-3-1-2-4(7(10)11)6(5)8(12)13/h4-6,13H,3H2,1-2H3;1-3,9H. The Bertz CT molecular complexity index is 1010. The second-order valence-corrected chi connectivity index (χ2v) is 5.89. The van der Waals surface area contributed by atoms with Crippen LogP contribution in [0.25, 0.3) is 0 Å². The summed E-state index contributed by atoms with van der Waals surface area (Å²) in [6, 6.07) is 5.08. The Balaban J connectivity index is 0.000000311. The minimum atomic E-state index is -0.993. The van der Waals surface area contributed by atoms with Crippen molar-refractivity contribution < 1.29 is 29.9 Å². The van der Waals surface area contributed by atoms with Gasteiger partial charge in [-0.05, 0) is 18.4 Å². The van der Waals surface area contributed by atoms with E-state index >= 15 is 0 Å². The fraction of sp³-hybridized carbons (Fsp3) is 0.250. The molecular formula is C16H16N4O10. The number of nitro benzene ring substituents is 4. The molecule has 0 radical (unpaired) electrons. The van der Waals surface area contributed by atoms with Crippen molar-refractivity contribution in [2.45, 2.75) is 26.2 Å². The van der Waals surface area contributed by atoms with E-state index in [0.717, 1.165) is 18.2 Å². The van der Waals surface area contributed by atoms with Gasteiger partial charge in [-0.25, -0.2) is 0 Å². The van der Waals surface area contributed by atoms with E-state index in [-0.39, 0.29) is 17.2 Å². The lowest BCUT2D eigenvalue weighted by atomic mass is 9.96. The highest BCUT2D eigenvalue weighted by atomic mass is 16.6. The Morgan fingerprint density at radius 2 is 1.43 bits per heavy atom. The smallest absolute Gasteiger partial charge is 0.387 e. The molecule has 14 nitrogen and oxygen atoms in total. The first kappa shape index (κ1) is 23.7. The third kappa shape index (κ3) is 5.34. The number of rotatable bonds is 6. The maximum Gasteiger partial charge on any atom is 0.387 e. The van der Waals surface area contributed by atoms with Gasteiger partial charge in [0, 0.05) is 17.7 Å². The van der Waals surface area contributed by atoms with Crippen LogP contribution in [-0.4, -0.2) is 29.9 Å². The molecule has 0 aliphatic rings.